The predicted octanol–water partition coefficient (Wildman–Crippen LogP) is 1.53. The van der Waals surface area contributed by atoms with Gasteiger partial charge in [-0.05, 0) is 32.2 Å². The van der Waals surface area contributed by atoms with Gasteiger partial charge < -0.3 is 15.5 Å². The van der Waals surface area contributed by atoms with Crippen molar-refractivity contribution >= 4 is 23.7 Å². The van der Waals surface area contributed by atoms with Crippen LogP contribution in [0, 0.1) is 0 Å². The van der Waals surface area contributed by atoms with E-state index in [2.05, 4.69) is 30.5 Å². The van der Waals surface area contributed by atoms with Gasteiger partial charge in [0.25, 0.3) is 0 Å². The molecule has 0 aromatic carbocycles. The van der Waals surface area contributed by atoms with Crippen LogP contribution < -0.4 is 10.6 Å². The number of thioether (sulfide) groups is 1. The van der Waals surface area contributed by atoms with Crippen molar-refractivity contribution < 1.29 is 0 Å². The van der Waals surface area contributed by atoms with Gasteiger partial charge in [0.2, 0.25) is 11.9 Å². The predicted molar refractivity (Wildman–Crippen MR) is 79.9 cm³/mol. The van der Waals surface area contributed by atoms with Crippen LogP contribution in [0.15, 0.2) is 5.16 Å². The van der Waals surface area contributed by atoms with E-state index in [0.29, 0.717) is 11.9 Å². The fourth-order valence-electron chi connectivity index (χ4n) is 2.15. The van der Waals surface area contributed by atoms with Crippen LogP contribution in [0.2, 0.25) is 0 Å². The SMILES string of the molecule is CNc1nc(NCCN2CCCCC2)nc(SC)n1. The first-order chi connectivity index (χ1) is 9.31. The van der Waals surface area contributed by atoms with Crippen molar-refractivity contribution in [3.63, 3.8) is 0 Å². The first-order valence-corrected chi connectivity index (χ1v) is 7.98. The number of anilines is 2. The highest BCUT2D eigenvalue weighted by molar-refractivity contribution is 7.98. The standard InChI is InChI=1S/C12H22N6S/c1-13-10-15-11(17-12(16-10)19-2)14-6-9-18-7-4-3-5-8-18/h3-9H2,1-2H3,(H2,13,14,15,16,17). The Balaban J connectivity index is 1.84. The molecule has 19 heavy (non-hydrogen) atoms. The quantitative estimate of drug-likeness (QED) is 0.767. The first-order valence-electron chi connectivity index (χ1n) is 6.76. The van der Waals surface area contributed by atoms with Gasteiger partial charge in [-0.25, -0.2) is 0 Å². The molecule has 0 amide bonds. The van der Waals surface area contributed by atoms with Crippen molar-refractivity contribution in [3.05, 3.63) is 0 Å². The molecule has 1 saturated heterocycles. The molecule has 0 spiro atoms. The number of rotatable bonds is 6. The zero-order valence-corrected chi connectivity index (χ0v) is 12.5. The van der Waals surface area contributed by atoms with Crippen molar-refractivity contribution in [3.8, 4) is 0 Å². The Morgan fingerprint density at radius 1 is 1.11 bits per heavy atom. The van der Waals surface area contributed by atoms with E-state index in [1.54, 1.807) is 0 Å². The maximum atomic E-state index is 4.35. The topological polar surface area (TPSA) is 66.0 Å². The molecule has 7 heteroatoms. The summed E-state index contributed by atoms with van der Waals surface area (Å²) in [5, 5.41) is 6.98. The van der Waals surface area contributed by atoms with Crippen LogP contribution in [0.3, 0.4) is 0 Å². The second-order valence-electron chi connectivity index (χ2n) is 4.55. The molecule has 1 aromatic rings. The first kappa shape index (κ1) is 14.3. The number of nitrogens with zero attached hydrogens (tertiary/aromatic N) is 4. The maximum Gasteiger partial charge on any atom is 0.228 e. The number of nitrogens with one attached hydrogen (secondary N) is 2. The molecule has 0 saturated carbocycles. The van der Waals surface area contributed by atoms with Crippen molar-refractivity contribution in [2.24, 2.45) is 0 Å². The average molecular weight is 282 g/mol. The van der Waals surface area contributed by atoms with Crippen molar-refractivity contribution in [1.29, 1.82) is 0 Å². The summed E-state index contributed by atoms with van der Waals surface area (Å²) in [5.74, 6) is 1.26. The molecule has 1 aliphatic heterocycles. The molecule has 2 rings (SSSR count). The number of hydrogen-bond acceptors (Lipinski definition) is 7. The van der Waals surface area contributed by atoms with Gasteiger partial charge in [-0.1, -0.05) is 18.2 Å². The number of likely N-dealkylation sites (tertiary alicyclic amines) is 1. The molecule has 106 valence electrons. The highest BCUT2D eigenvalue weighted by Gasteiger charge is 2.10. The Morgan fingerprint density at radius 3 is 2.53 bits per heavy atom. The smallest absolute Gasteiger partial charge is 0.228 e. The maximum absolute atomic E-state index is 4.35. The van der Waals surface area contributed by atoms with Gasteiger partial charge in [-0.3, -0.25) is 0 Å². The summed E-state index contributed by atoms with van der Waals surface area (Å²) in [5.41, 5.74) is 0. The number of piperidine rings is 1. The highest BCUT2D eigenvalue weighted by Crippen LogP contribution is 2.13. The van der Waals surface area contributed by atoms with E-state index in [0.717, 1.165) is 18.2 Å². The third-order valence-corrected chi connectivity index (χ3v) is 3.73. The van der Waals surface area contributed by atoms with Crippen LogP contribution in [-0.4, -0.2) is 59.3 Å². The summed E-state index contributed by atoms with van der Waals surface area (Å²) >= 11 is 1.52. The van der Waals surface area contributed by atoms with E-state index in [1.807, 2.05) is 13.3 Å². The van der Waals surface area contributed by atoms with Crippen LogP contribution in [0.4, 0.5) is 11.9 Å². The third-order valence-electron chi connectivity index (χ3n) is 3.18. The third kappa shape index (κ3) is 4.50. The van der Waals surface area contributed by atoms with Crippen molar-refractivity contribution in [2.45, 2.75) is 24.4 Å². The Morgan fingerprint density at radius 2 is 1.84 bits per heavy atom. The molecule has 2 heterocycles. The van der Waals surface area contributed by atoms with E-state index < -0.39 is 0 Å². The van der Waals surface area contributed by atoms with Crippen LogP contribution in [0.1, 0.15) is 19.3 Å². The monoisotopic (exact) mass is 282 g/mol. The van der Waals surface area contributed by atoms with E-state index >= 15 is 0 Å². The van der Waals surface area contributed by atoms with Gasteiger partial charge in [0.05, 0.1) is 0 Å². The minimum absolute atomic E-state index is 0.611. The average Bonchev–Trinajstić information content (AvgIpc) is 2.48. The van der Waals surface area contributed by atoms with Crippen LogP contribution >= 0.6 is 11.8 Å². The fourth-order valence-corrected chi connectivity index (χ4v) is 2.50. The van der Waals surface area contributed by atoms with E-state index in [-0.39, 0.29) is 0 Å². The summed E-state index contributed by atoms with van der Waals surface area (Å²) in [7, 11) is 1.82. The van der Waals surface area contributed by atoms with Crippen molar-refractivity contribution in [1.82, 2.24) is 19.9 Å². The van der Waals surface area contributed by atoms with Crippen molar-refractivity contribution in [2.75, 3.05) is 50.1 Å². The van der Waals surface area contributed by atoms with Gasteiger partial charge in [0.15, 0.2) is 5.16 Å². The second kappa shape index (κ2) is 7.49. The zero-order valence-electron chi connectivity index (χ0n) is 11.6. The largest absolute Gasteiger partial charge is 0.357 e. The molecule has 1 aliphatic rings. The lowest BCUT2D eigenvalue weighted by molar-refractivity contribution is 0.237. The normalized spacial score (nSPS) is 16.3. The lowest BCUT2D eigenvalue weighted by Crippen LogP contribution is -2.33. The second-order valence-corrected chi connectivity index (χ2v) is 5.32. The molecule has 0 aliphatic carbocycles. The summed E-state index contributed by atoms with van der Waals surface area (Å²) in [6.07, 6.45) is 5.99. The van der Waals surface area contributed by atoms with Gasteiger partial charge in [-0.2, -0.15) is 15.0 Å². The van der Waals surface area contributed by atoms with E-state index in [4.69, 9.17) is 0 Å². The summed E-state index contributed by atoms with van der Waals surface area (Å²) < 4.78 is 0. The van der Waals surface area contributed by atoms with Crippen LogP contribution in [0.25, 0.3) is 0 Å². The number of aromatic nitrogens is 3. The Bertz CT molecular complexity index is 372. The van der Waals surface area contributed by atoms with Gasteiger partial charge in [-0.15, -0.1) is 0 Å². The van der Waals surface area contributed by atoms with Crippen LogP contribution in [-0.2, 0) is 0 Å². The molecule has 6 nitrogen and oxygen atoms in total. The molecule has 2 N–H and O–H groups in total. The van der Waals surface area contributed by atoms with Gasteiger partial charge in [0, 0.05) is 20.1 Å². The minimum Gasteiger partial charge on any atom is -0.357 e. The minimum atomic E-state index is 0.611. The van der Waals surface area contributed by atoms with Gasteiger partial charge >= 0.3 is 0 Å². The molecular weight excluding hydrogens is 260 g/mol. The molecule has 1 aromatic heterocycles. The lowest BCUT2D eigenvalue weighted by Gasteiger charge is -2.26. The Kier molecular flexibility index (Phi) is 5.65. The molecule has 1 fully saturated rings. The molecule has 0 bridgehead atoms. The molecular formula is C12H22N6S. The lowest BCUT2D eigenvalue weighted by atomic mass is 10.1. The van der Waals surface area contributed by atoms with E-state index in [1.165, 1.54) is 44.1 Å². The summed E-state index contributed by atoms with van der Waals surface area (Å²) in [4.78, 5) is 15.4. The summed E-state index contributed by atoms with van der Waals surface area (Å²) in [6.45, 7) is 4.36. The van der Waals surface area contributed by atoms with Gasteiger partial charge in [0.1, 0.15) is 0 Å². The van der Waals surface area contributed by atoms with E-state index in [9.17, 15) is 0 Å². The summed E-state index contributed by atoms with van der Waals surface area (Å²) in [6, 6.07) is 0. The Labute approximate surface area is 118 Å². The Hall–Kier alpha value is -1.08. The number of hydrogen-bond donors (Lipinski definition) is 2. The molecule has 0 radical (unpaired) electrons. The van der Waals surface area contributed by atoms with Crippen LogP contribution in [0.5, 0.6) is 0 Å². The zero-order chi connectivity index (χ0) is 13.5. The fraction of sp³-hybridized carbons (Fsp3) is 0.750. The molecule has 0 atom stereocenters. The highest BCUT2D eigenvalue weighted by atomic mass is 32.2. The molecule has 0 unspecified atom stereocenters.